The highest BCUT2D eigenvalue weighted by Gasteiger charge is 2.35. The van der Waals surface area contributed by atoms with Crippen LogP contribution in [0.3, 0.4) is 0 Å². The minimum absolute atomic E-state index is 0.107. The van der Waals surface area contributed by atoms with Crippen LogP contribution in [-0.2, 0) is 14.3 Å². The number of hydrogen-bond donors (Lipinski definition) is 0. The number of benzene rings is 2. The molecule has 0 radical (unpaired) electrons. The zero-order chi connectivity index (χ0) is 16.8. The van der Waals surface area contributed by atoms with E-state index in [2.05, 4.69) is 0 Å². The van der Waals surface area contributed by atoms with Crippen molar-refractivity contribution < 1.29 is 23.9 Å². The molecule has 5 heteroatoms. The maximum Gasteiger partial charge on any atom is 0.347 e. The van der Waals surface area contributed by atoms with Crippen LogP contribution in [0, 0.1) is 0 Å². The molecule has 0 N–H and O–H groups in total. The van der Waals surface area contributed by atoms with Gasteiger partial charge in [0.25, 0.3) is 0 Å². The maximum absolute atomic E-state index is 12.5. The molecule has 2 aliphatic rings. The number of carbonyl (C=O) groups is 3. The minimum Gasteiger partial charge on any atom is -0.460 e. The van der Waals surface area contributed by atoms with Crippen molar-refractivity contribution in [1.82, 2.24) is 0 Å². The third-order valence-electron chi connectivity index (χ3n) is 4.34. The molecule has 0 saturated carbocycles. The fourth-order valence-corrected chi connectivity index (χ4v) is 3.17. The average molecular weight is 322 g/mol. The van der Waals surface area contributed by atoms with Crippen molar-refractivity contribution in [3.63, 3.8) is 0 Å². The third kappa shape index (κ3) is 2.21. The first-order chi connectivity index (χ1) is 11.5. The van der Waals surface area contributed by atoms with Crippen molar-refractivity contribution >= 4 is 17.7 Å². The summed E-state index contributed by atoms with van der Waals surface area (Å²) in [6.45, 7) is 1.75. The lowest BCUT2D eigenvalue weighted by Crippen LogP contribution is -2.22. The van der Waals surface area contributed by atoms with Gasteiger partial charge in [0.2, 0.25) is 6.10 Å². The van der Waals surface area contributed by atoms with Crippen molar-refractivity contribution in [3.8, 4) is 11.1 Å². The van der Waals surface area contributed by atoms with E-state index in [1.54, 1.807) is 25.1 Å². The summed E-state index contributed by atoms with van der Waals surface area (Å²) in [5.41, 5.74) is 3.04. The van der Waals surface area contributed by atoms with Crippen LogP contribution >= 0.6 is 0 Å². The zero-order valence-corrected chi connectivity index (χ0v) is 12.9. The number of ether oxygens (including phenoxy) is 2. The maximum atomic E-state index is 12.5. The Morgan fingerprint density at radius 3 is 2.46 bits per heavy atom. The number of fused-ring (bicyclic) bond motifs is 3. The van der Waals surface area contributed by atoms with E-state index in [9.17, 15) is 14.4 Å². The Morgan fingerprint density at radius 1 is 1.04 bits per heavy atom. The molecule has 0 amide bonds. The molecule has 24 heavy (non-hydrogen) atoms. The van der Waals surface area contributed by atoms with Gasteiger partial charge in [0.1, 0.15) is 6.10 Å². The molecule has 120 valence electrons. The first-order valence-corrected chi connectivity index (χ1v) is 7.74. The molecule has 5 nitrogen and oxygen atoms in total. The lowest BCUT2D eigenvalue weighted by molar-refractivity contribution is -0.147. The molecular formula is C19H14O5. The molecule has 0 aromatic heterocycles. The van der Waals surface area contributed by atoms with Crippen molar-refractivity contribution in [2.45, 2.75) is 25.6 Å². The first kappa shape index (κ1) is 14.6. The monoisotopic (exact) mass is 322 g/mol. The van der Waals surface area contributed by atoms with Crippen LogP contribution in [0.1, 0.15) is 39.6 Å². The van der Waals surface area contributed by atoms with Crippen LogP contribution in [0.15, 0.2) is 42.5 Å². The second kappa shape index (κ2) is 5.30. The Bertz CT molecular complexity index is 883. The van der Waals surface area contributed by atoms with Gasteiger partial charge in [-0.15, -0.1) is 0 Å². The van der Waals surface area contributed by atoms with Gasteiger partial charge in [0.05, 0.1) is 5.56 Å². The van der Waals surface area contributed by atoms with Crippen LogP contribution < -0.4 is 0 Å². The number of rotatable bonds is 2. The molecule has 0 spiro atoms. The SMILES string of the molecule is C[C@@H]1C[C@H](OC(=O)c2ccc3c(c2)C(=O)c2ccccc2-3)C(=O)O1. The van der Waals surface area contributed by atoms with Crippen LogP contribution in [0.5, 0.6) is 0 Å². The second-order valence-electron chi connectivity index (χ2n) is 6.01. The number of esters is 2. The van der Waals surface area contributed by atoms with Crippen molar-refractivity contribution in [2.75, 3.05) is 0 Å². The number of cyclic esters (lactones) is 1. The molecule has 1 heterocycles. The Balaban J connectivity index is 1.62. The van der Waals surface area contributed by atoms with Crippen LogP contribution in [-0.4, -0.2) is 29.9 Å². The van der Waals surface area contributed by atoms with Gasteiger partial charge < -0.3 is 9.47 Å². The molecule has 4 rings (SSSR count). The largest absolute Gasteiger partial charge is 0.460 e. The van der Waals surface area contributed by atoms with Gasteiger partial charge >= 0.3 is 11.9 Å². The summed E-state index contributed by atoms with van der Waals surface area (Å²) >= 11 is 0. The Labute approximate surface area is 138 Å². The van der Waals surface area contributed by atoms with E-state index >= 15 is 0 Å². The van der Waals surface area contributed by atoms with Crippen LogP contribution in [0.2, 0.25) is 0 Å². The van der Waals surface area contributed by atoms with E-state index in [-0.39, 0.29) is 17.5 Å². The molecule has 2 atom stereocenters. The highest BCUT2D eigenvalue weighted by atomic mass is 16.6. The van der Waals surface area contributed by atoms with E-state index in [0.29, 0.717) is 17.5 Å². The lowest BCUT2D eigenvalue weighted by atomic mass is 10.0. The molecule has 1 saturated heterocycles. The predicted octanol–water partition coefficient (Wildman–Crippen LogP) is 2.76. The van der Waals surface area contributed by atoms with Crippen molar-refractivity contribution in [3.05, 3.63) is 59.2 Å². The molecule has 2 aromatic rings. The third-order valence-corrected chi connectivity index (χ3v) is 4.34. The average Bonchev–Trinajstić information content (AvgIpc) is 3.05. The van der Waals surface area contributed by atoms with Crippen LogP contribution in [0.4, 0.5) is 0 Å². The van der Waals surface area contributed by atoms with Crippen molar-refractivity contribution in [1.29, 1.82) is 0 Å². The zero-order valence-electron chi connectivity index (χ0n) is 12.9. The minimum atomic E-state index is -0.881. The number of carbonyl (C=O) groups excluding carboxylic acids is 3. The molecule has 1 aliphatic heterocycles. The Morgan fingerprint density at radius 2 is 1.75 bits per heavy atom. The normalized spacial score (nSPS) is 21.2. The quantitative estimate of drug-likeness (QED) is 0.679. The van der Waals surface area contributed by atoms with Gasteiger partial charge in [-0.1, -0.05) is 30.3 Å². The van der Waals surface area contributed by atoms with Gasteiger partial charge in [-0.05, 0) is 30.2 Å². The topological polar surface area (TPSA) is 69.7 Å². The van der Waals surface area contributed by atoms with Gasteiger partial charge in [0.15, 0.2) is 5.78 Å². The molecule has 0 bridgehead atoms. The summed E-state index contributed by atoms with van der Waals surface area (Å²) in [5.74, 6) is -1.26. The molecule has 1 fully saturated rings. The lowest BCUT2D eigenvalue weighted by Gasteiger charge is -2.09. The van der Waals surface area contributed by atoms with Gasteiger partial charge in [-0.2, -0.15) is 0 Å². The molecule has 1 aliphatic carbocycles. The van der Waals surface area contributed by atoms with Crippen LogP contribution in [0.25, 0.3) is 11.1 Å². The van der Waals surface area contributed by atoms with Gasteiger partial charge in [-0.3, -0.25) is 4.79 Å². The summed E-state index contributed by atoms with van der Waals surface area (Å²) in [5, 5.41) is 0. The highest BCUT2D eigenvalue weighted by Crippen LogP contribution is 2.36. The fourth-order valence-electron chi connectivity index (χ4n) is 3.17. The molecule has 0 unspecified atom stereocenters. The summed E-state index contributed by atoms with van der Waals surface area (Å²) in [7, 11) is 0. The highest BCUT2D eigenvalue weighted by molar-refractivity contribution is 6.22. The van der Waals surface area contributed by atoms with E-state index in [1.807, 2.05) is 18.2 Å². The van der Waals surface area contributed by atoms with E-state index in [0.717, 1.165) is 11.1 Å². The Hall–Kier alpha value is -2.95. The Kier molecular flexibility index (Phi) is 3.23. The summed E-state index contributed by atoms with van der Waals surface area (Å²) in [4.78, 5) is 36.4. The van der Waals surface area contributed by atoms with E-state index in [1.165, 1.54) is 6.07 Å². The van der Waals surface area contributed by atoms with Crippen molar-refractivity contribution in [2.24, 2.45) is 0 Å². The summed E-state index contributed by atoms with van der Waals surface area (Å²) in [6.07, 6.45) is -0.792. The fraction of sp³-hybridized carbons (Fsp3) is 0.211. The van der Waals surface area contributed by atoms with Gasteiger partial charge in [-0.25, -0.2) is 9.59 Å². The second-order valence-corrected chi connectivity index (χ2v) is 6.01. The molecule has 2 aromatic carbocycles. The predicted molar refractivity (Wildman–Crippen MR) is 84.7 cm³/mol. The number of ketones is 1. The van der Waals surface area contributed by atoms with E-state index in [4.69, 9.17) is 9.47 Å². The summed E-state index contributed by atoms with van der Waals surface area (Å²) in [6, 6.07) is 12.2. The number of hydrogen-bond acceptors (Lipinski definition) is 5. The van der Waals surface area contributed by atoms with E-state index < -0.39 is 18.0 Å². The van der Waals surface area contributed by atoms with Gasteiger partial charge in [0, 0.05) is 17.5 Å². The molecular weight excluding hydrogens is 308 g/mol. The standard InChI is InChI=1S/C19H14O5/c1-10-8-16(19(22)23-10)24-18(21)11-6-7-13-12-4-2-3-5-14(12)17(20)15(13)9-11/h2-7,9-10,16H,8H2,1H3/t10-,16+/m1/s1. The first-order valence-electron chi connectivity index (χ1n) is 7.74. The summed E-state index contributed by atoms with van der Waals surface area (Å²) < 4.78 is 10.2. The smallest absolute Gasteiger partial charge is 0.347 e.